The van der Waals surface area contributed by atoms with Gasteiger partial charge in [0.1, 0.15) is 29.1 Å². The maximum atomic E-state index is 13.9. The van der Waals surface area contributed by atoms with Gasteiger partial charge in [0.2, 0.25) is 0 Å². The van der Waals surface area contributed by atoms with Gasteiger partial charge < -0.3 is 10.6 Å². The van der Waals surface area contributed by atoms with E-state index in [1.165, 1.54) is 12.1 Å². The van der Waals surface area contributed by atoms with E-state index in [2.05, 4.69) is 25.6 Å². The van der Waals surface area contributed by atoms with Gasteiger partial charge in [-0.2, -0.15) is 0 Å². The summed E-state index contributed by atoms with van der Waals surface area (Å²) in [6, 6.07) is 14.6. The number of fused-ring (bicyclic) bond motifs is 1. The first-order valence-corrected chi connectivity index (χ1v) is 8.27. The molecule has 0 unspecified atom stereocenters. The first-order chi connectivity index (χ1) is 13.1. The van der Waals surface area contributed by atoms with Crippen LogP contribution in [0, 0.1) is 18.6 Å². The zero-order valence-corrected chi connectivity index (χ0v) is 14.4. The molecule has 0 radical (unpaired) electrons. The van der Waals surface area contributed by atoms with Gasteiger partial charge in [-0.3, -0.25) is 4.98 Å². The predicted octanol–water partition coefficient (Wildman–Crippen LogP) is 5.10. The van der Waals surface area contributed by atoms with Crippen molar-refractivity contribution in [3.63, 3.8) is 0 Å². The lowest BCUT2D eigenvalue weighted by Crippen LogP contribution is -2.03. The molecule has 27 heavy (non-hydrogen) atoms. The van der Waals surface area contributed by atoms with Crippen molar-refractivity contribution in [2.45, 2.75) is 6.92 Å². The van der Waals surface area contributed by atoms with Crippen molar-refractivity contribution in [2.75, 3.05) is 10.6 Å². The van der Waals surface area contributed by atoms with Crippen molar-refractivity contribution >= 4 is 33.9 Å². The summed E-state index contributed by atoms with van der Waals surface area (Å²) in [5, 5.41) is 7.09. The molecular formula is C20H15F2N5. The molecule has 2 N–H and O–H groups in total. The SMILES string of the molecule is Cc1nc(Nc2ccc(F)cc2F)cc(Nc2cccc3cccnc23)n1. The zero-order valence-electron chi connectivity index (χ0n) is 14.4. The van der Waals surface area contributed by atoms with Crippen molar-refractivity contribution in [3.05, 3.63) is 78.3 Å². The maximum absolute atomic E-state index is 13.9. The average Bonchev–Trinajstić information content (AvgIpc) is 2.64. The van der Waals surface area contributed by atoms with Crippen LogP contribution in [0.3, 0.4) is 0 Å². The molecule has 0 saturated carbocycles. The largest absolute Gasteiger partial charge is 0.338 e. The normalized spacial score (nSPS) is 10.8. The standard InChI is InChI=1S/C20H15F2N5/c1-12-24-18(26-16-8-7-14(21)10-15(16)22)11-19(25-12)27-17-6-2-4-13-5-3-9-23-20(13)17/h2-11H,1H3,(H2,24,25,26,27). The summed E-state index contributed by atoms with van der Waals surface area (Å²) in [6.07, 6.45) is 1.73. The van der Waals surface area contributed by atoms with Crippen LogP contribution in [0.1, 0.15) is 5.82 Å². The first kappa shape index (κ1) is 16.8. The van der Waals surface area contributed by atoms with Crippen LogP contribution < -0.4 is 10.6 Å². The van der Waals surface area contributed by atoms with Gasteiger partial charge in [-0.15, -0.1) is 0 Å². The van der Waals surface area contributed by atoms with Crippen LogP contribution in [0.2, 0.25) is 0 Å². The molecule has 4 aromatic rings. The first-order valence-electron chi connectivity index (χ1n) is 8.27. The number of rotatable bonds is 4. The molecule has 0 aliphatic carbocycles. The number of aromatic nitrogens is 3. The Morgan fingerprint density at radius 1 is 0.815 bits per heavy atom. The molecule has 2 aromatic carbocycles. The number of hydrogen-bond acceptors (Lipinski definition) is 5. The van der Waals surface area contributed by atoms with Gasteiger partial charge in [0.05, 0.1) is 16.9 Å². The molecule has 7 heteroatoms. The van der Waals surface area contributed by atoms with Crippen LogP contribution in [0.15, 0.2) is 60.8 Å². The quantitative estimate of drug-likeness (QED) is 0.528. The number of anilines is 4. The molecule has 0 bridgehead atoms. The lowest BCUT2D eigenvalue weighted by Gasteiger charge is -2.12. The Balaban J connectivity index is 1.66. The average molecular weight is 363 g/mol. The number of aryl methyl sites for hydroxylation is 1. The lowest BCUT2D eigenvalue weighted by atomic mass is 10.2. The van der Waals surface area contributed by atoms with E-state index >= 15 is 0 Å². The second-order valence-electron chi connectivity index (χ2n) is 5.94. The Hall–Kier alpha value is -3.61. The summed E-state index contributed by atoms with van der Waals surface area (Å²) < 4.78 is 27.0. The summed E-state index contributed by atoms with van der Waals surface area (Å²) in [4.78, 5) is 13.0. The molecule has 0 spiro atoms. The molecule has 0 aliphatic heterocycles. The fourth-order valence-electron chi connectivity index (χ4n) is 2.77. The molecule has 2 heterocycles. The summed E-state index contributed by atoms with van der Waals surface area (Å²) in [6.45, 7) is 1.73. The highest BCUT2D eigenvalue weighted by Crippen LogP contribution is 2.26. The Kier molecular flexibility index (Phi) is 4.33. The summed E-state index contributed by atoms with van der Waals surface area (Å²) >= 11 is 0. The third-order valence-electron chi connectivity index (χ3n) is 3.93. The minimum atomic E-state index is -0.695. The fourth-order valence-corrected chi connectivity index (χ4v) is 2.77. The van der Waals surface area contributed by atoms with Gasteiger partial charge in [0, 0.05) is 23.7 Å². The molecule has 2 aromatic heterocycles. The fraction of sp³-hybridized carbons (Fsp3) is 0.0500. The minimum absolute atomic E-state index is 0.132. The van der Waals surface area contributed by atoms with E-state index in [1.807, 2.05) is 30.3 Å². The lowest BCUT2D eigenvalue weighted by molar-refractivity contribution is 0.586. The Labute approximate surface area is 154 Å². The highest BCUT2D eigenvalue weighted by molar-refractivity contribution is 5.91. The smallest absolute Gasteiger partial charge is 0.149 e. The van der Waals surface area contributed by atoms with Crippen LogP contribution in [0.4, 0.5) is 31.8 Å². The van der Waals surface area contributed by atoms with E-state index in [4.69, 9.17) is 0 Å². The van der Waals surface area contributed by atoms with E-state index in [9.17, 15) is 8.78 Å². The maximum Gasteiger partial charge on any atom is 0.149 e. The van der Waals surface area contributed by atoms with Crippen molar-refractivity contribution < 1.29 is 8.78 Å². The number of pyridine rings is 1. The number of nitrogens with one attached hydrogen (secondary N) is 2. The van der Waals surface area contributed by atoms with Crippen molar-refractivity contribution in [1.82, 2.24) is 15.0 Å². The van der Waals surface area contributed by atoms with Crippen LogP contribution in [0.25, 0.3) is 10.9 Å². The molecule has 0 atom stereocenters. The number of hydrogen-bond donors (Lipinski definition) is 2. The van der Waals surface area contributed by atoms with Crippen LogP contribution >= 0.6 is 0 Å². The van der Waals surface area contributed by atoms with Crippen molar-refractivity contribution in [1.29, 1.82) is 0 Å². The molecule has 134 valence electrons. The van der Waals surface area contributed by atoms with Crippen molar-refractivity contribution in [2.24, 2.45) is 0 Å². The van der Waals surface area contributed by atoms with Gasteiger partial charge in [-0.1, -0.05) is 18.2 Å². The monoisotopic (exact) mass is 363 g/mol. The van der Waals surface area contributed by atoms with Gasteiger partial charge >= 0.3 is 0 Å². The molecule has 0 aliphatic rings. The molecule has 0 fully saturated rings. The van der Waals surface area contributed by atoms with Crippen LogP contribution in [-0.4, -0.2) is 15.0 Å². The molecule has 0 amide bonds. The summed E-state index contributed by atoms with van der Waals surface area (Å²) in [5.74, 6) is 0.0920. The van der Waals surface area contributed by atoms with Crippen molar-refractivity contribution in [3.8, 4) is 0 Å². The van der Waals surface area contributed by atoms with Gasteiger partial charge in [-0.05, 0) is 31.2 Å². The number of benzene rings is 2. The second-order valence-corrected chi connectivity index (χ2v) is 5.94. The topological polar surface area (TPSA) is 62.7 Å². The van der Waals surface area contributed by atoms with Crippen LogP contribution in [0.5, 0.6) is 0 Å². The number of halogens is 2. The highest BCUT2D eigenvalue weighted by atomic mass is 19.1. The Morgan fingerprint density at radius 2 is 1.56 bits per heavy atom. The third-order valence-corrected chi connectivity index (χ3v) is 3.93. The van der Waals surface area contributed by atoms with E-state index < -0.39 is 11.6 Å². The van der Waals surface area contributed by atoms with E-state index in [-0.39, 0.29) is 5.69 Å². The molecule has 4 rings (SSSR count). The van der Waals surface area contributed by atoms with E-state index in [0.29, 0.717) is 17.5 Å². The zero-order chi connectivity index (χ0) is 18.8. The molecule has 5 nitrogen and oxygen atoms in total. The molecule has 0 saturated heterocycles. The highest BCUT2D eigenvalue weighted by Gasteiger charge is 2.09. The minimum Gasteiger partial charge on any atom is -0.338 e. The van der Waals surface area contributed by atoms with E-state index in [0.717, 1.165) is 22.7 Å². The Bertz CT molecular complexity index is 1130. The second kappa shape index (κ2) is 6.95. The molecular weight excluding hydrogens is 348 g/mol. The van der Waals surface area contributed by atoms with E-state index in [1.54, 1.807) is 19.2 Å². The third kappa shape index (κ3) is 3.67. The summed E-state index contributed by atoms with van der Waals surface area (Å²) in [5.41, 5.74) is 1.74. The number of nitrogens with zero attached hydrogens (tertiary/aromatic N) is 3. The van der Waals surface area contributed by atoms with Gasteiger partial charge in [0.25, 0.3) is 0 Å². The van der Waals surface area contributed by atoms with Crippen LogP contribution in [-0.2, 0) is 0 Å². The predicted molar refractivity (Wildman–Crippen MR) is 101 cm³/mol. The number of para-hydroxylation sites is 1. The van der Waals surface area contributed by atoms with Gasteiger partial charge in [-0.25, -0.2) is 18.7 Å². The Morgan fingerprint density at radius 3 is 2.33 bits per heavy atom. The summed E-state index contributed by atoms with van der Waals surface area (Å²) in [7, 11) is 0. The van der Waals surface area contributed by atoms with Gasteiger partial charge in [0.15, 0.2) is 0 Å².